The second kappa shape index (κ2) is 5.50. The molecule has 0 rings (SSSR count). The third-order valence-corrected chi connectivity index (χ3v) is 2.17. The molecule has 3 nitrogen and oxygen atoms in total. The highest BCUT2D eigenvalue weighted by molar-refractivity contribution is 5.91. The summed E-state index contributed by atoms with van der Waals surface area (Å²) in [6.45, 7) is 15.3. The normalized spacial score (nSPS) is 14.8. The van der Waals surface area contributed by atoms with E-state index in [4.69, 9.17) is 10.5 Å². The van der Waals surface area contributed by atoms with Gasteiger partial charge in [-0.25, -0.2) is 4.79 Å². The lowest BCUT2D eigenvalue weighted by atomic mass is 9.87. The van der Waals surface area contributed by atoms with Crippen LogP contribution in [-0.4, -0.2) is 17.6 Å². The monoisotopic (exact) mass is 239 g/mol. The van der Waals surface area contributed by atoms with Gasteiger partial charge < -0.3 is 10.5 Å². The quantitative estimate of drug-likeness (QED) is 0.468. The van der Waals surface area contributed by atoms with Gasteiger partial charge in [-0.15, -0.1) is 0 Å². The number of rotatable bonds is 3. The smallest absolute Gasteiger partial charge is 0.338 e. The van der Waals surface area contributed by atoms with Crippen LogP contribution in [0, 0.1) is 5.41 Å². The summed E-state index contributed by atoms with van der Waals surface area (Å²) in [5, 5.41) is 0. The topological polar surface area (TPSA) is 52.3 Å². The molecule has 0 unspecified atom stereocenters. The molecule has 0 heterocycles. The Morgan fingerprint density at radius 1 is 1.24 bits per heavy atom. The fourth-order valence-corrected chi connectivity index (χ4v) is 0.920. The Bertz CT molecular complexity index is 316. The summed E-state index contributed by atoms with van der Waals surface area (Å²) in [6.07, 6.45) is 3.41. The molecule has 0 aliphatic heterocycles. The van der Waals surface area contributed by atoms with E-state index in [1.165, 1.54) is 0 Å². The third-order valence-electron chi connectivity index (χ3n) is 2.17. The predicted octanol–water partition coefficient (Wildman–Crippen LogP) is 2.81. The van der Waals surface area contributed by atoms with E-state index in [0.29, 0.717) is 5.57 Å². The molecule has 0 spiro atoms. The maximum Gasteiger partial charge on any atom is 0.338 e. The highest BCUT2D eigenvalue weighted by Gasteiger charge is 2.19. The zero-order valence-electron chi connectivity index (χ0n) is 11.8. The van der Waals surface area contributed by atoms with Gasteiger partial charge in [0.2, 0.25) is 0 Å². The standard InChI is InChI=1S/C14H25NO2/c1-10(12(16)17-14(5,6)7)8-9-11(15)13(2,3)4/h8-9,11H,1,15H2,2-7H3/t11-/m0/s1. The minimum atomic E-state index is -0.500. The third kappa shape index (κ3) is 6.95. The average Bonchev–Trinajstić information content (AvgIpc) is 2.08. The molecule has 0 aliphatic carbocycles. The second-order valence-electron chi connectivity index (χ2n) is 6.28. The maximum atomic E-state index is 11.6. The molecule has 0 aromatic rings. The summed E-state index contributed by atoms with van der Waals surface area (Å²) in [6, 6.07) is -0.123. The molecule has 3 heteroatoms. The van der Waals surface area contributed by atoms with Gasteiger partial charge >= 0.3 is 5.97 Å². The van der Waals surface area contributed by atoms with Crippen LogP contribution in [-0.2, 0) is 9.53 Å². The van der Waals surface area contributed by atoms with Gasteiger partial charge in [0.05, 0.1) is 5.57 Å². The molecule has 0 aromatic heterocycles. The van der Waals surface area contributed by atoms with Crippen LogP contribution < -0.4 is 5.73 Å². The number of carbonyl (C=O) groups is 1. The fraction of sp³-hybridized carbons (Fsp3) is 0.643. The molecule has 0 aromatic carbocycles. The molecule has 0 fully saturated rings. The first kappa shape index (κ1) is 15.9. The lowest BCUT2D eigenvalue weighted by Crippen LogP contribution is -2.33. The minimum Gasteiger partial charge on any atom is -0.456 e. The Labute approximate surface area is 105 Å². The maximum absolute atomic E-state index is 11.6. The average molecular weight is 239 g/mol. The van der Waals surface area contributed by atoms with Crippen molar-refractivity contribution in [2.24, 2.45) is 11.1 Å². The molecule has 17 heavy (non-hydrogen) atoms. The molecule has 0 bridgehead atoms. The van der Waals surface area contributed by atoms with Crippen LogP contribution in [0.5, 0.6) is 0 Å². The first-order valence-corrected chi connectivity index (χ1v) is 5.79. The molecule has 98 valence electrons. The van der Waals surface area contributed by atoms with Crippen molar-refractivity contribution in [3.05, 3.63) is 24.3 Å². The Hall–Kier alpha value is -1.09. The molecule has 0 saturated heterocycles. The van der Waals surface area contributed by atoms with Crippen LogP contribution in [0.15, 0.2) is 24.3 Å². The van der Waals surface area contributed by atoms with Crippen LogP contribution >= 0.6 is 0 Å². The first-order chi connectivity index (χ1) is 7.43. The van der Waals surface area contributed by atoms with Crippen molar-refractivity contribution in [2.75, 3.05) is 0 Å². The fourth-order valence-electron chi connectivity index (χ4n) is 0.920. The van der Waals surface area contributed by atoms with Gasteiger partial charge in [-0.05, 0) is 26.2 Å². The summed E-state index contributed by atoms with van der Waals surface area (Å²) in [4.78, 5) is 11.6. The van der Waals surface area contributed by atoms with Gasteiger partial charge in [0.1, 0.15) is 5.60 Å². The number of carbonyl (C=O) groups excluding carboxylic acids is 1. The van der Waals surface area contributed by atoms with Crippen molar-refractivity contribution in [3.8, 4) is 0 Å². The Morgan fingerprint density at radius 2 is 1.71 bits per heavy atom. The van der Waals surface area contributed by atoms with Gasteiger partial charge in [-0.1, -0.05) is 39.5 Å². The summed E-state index contributed by atoms with van der Waals surface area (Å²) in [7, 11) is 0. The van der Waals surface area contributed by atoms with Crippen LogP contribution in [0.2, 0.25) is 0 Å². The van der Waals surface area contributed by atoms with E-state index in [9.17, 15) is 4.79 Å². The van der Waals surface area contributed by atoms with E-state index < -0.39 is 11.6 Å². The van der Waals surface area contributed by atoms with E-state index in [0.717, 1.165) is 0 Å². The van der Waals surface area contributed by atoms with Crippen LogP contribution in [0.25, 0.3) is 0 Å². The molecule has 0 aliphatic rings. The van der Waals surface area contributed by atoms with Crippen molar-refractivity contribution >= 4 is 5.97 Å². The highest BCUT2D eigenvalue weighted by atomic mass is 16.6. The van der Waals surface area contributed by atoms with E-state index in [1.54, 1.807) is 12.2 Å². The van der Waals surface area contributed by atoms with E-state index in [-0.39, 0.29) is 11.5 Å². The summed E-state index contributed by atoms with van der Waals surface area (Å²) < 4.78 is 5.19. The lowest BCUT2D eigenvalue weighted by molar-refractivity contribution is -0.149. The zero-order valence-corrected chi connectivity index (χ0v) is 11.8. The minimum absolute atomic E-state index is 0.0370. The Morgan fingerprint density at radius 3 is 2.06 bits per heavy atom. The van der Waals surface area contributed by atoms with Crippen molar-refractivity contribution in [1.82, 2.24) is 0 Å². The molecule has 0 amide bonds. The zero-order chi connectivity index (χ0) is 13.9. The largest absolute Gasteiger partial charge is 0.456 e. The summed E-state index contributed by atoms with van der Waals surface area (Å²) in [5.41, 5.74) is 5.73. The number of ether oxygens (including phenoxy) is 1. The van der Waals surface area contributed by atoms with Gasteiger partial charge in [0.25, 0.3) is 0 Å². The van der Waals surface area contributed by atoms with Crippen molar-refractivity contribution in [1.29, 1.82) is 0 Å². The van der Waals surface area contributed by atoms with Crippen molar-refractivity contribution in [3.63, 3.8) is 0 Å². The number of esters is 1. The van der Waals surface area contributed by atoms with Gasteiger partial charge in [0.15, 0.2) is 0 Å². The predicted molar refractivity (Wildman–Crippen MR) is 71.6 cm³/mol. The molecule has 2 N–H and O–H groups in total. The highest BCUT2D eigenvalue weighted by Crippen LogP contribution is 2.19. The van der Waals surface area contributed by atoms with Crippen LogP contribution in [0.4, 0.5) is 0 Å². The van der Waals surface area contributed by atoms with E-state index in [1.807, 2.05) is 41.5 Å². The van der Waals surface area contributed by atoms with Gasteiger partial charge in [-0.2, -0.15) is 0 Å². The van der Waals surface area contributed by atoms with E-state index in [2.05, 4.69) is 6.58 Å². The summed E-state index contributed by atoms with van der Waals surface area (Å²) in [5.74, 6) is -0.408. The molecule has 0 radical (unpaired) electrons. The number of hydrogen-bond acceptors (Lipinski definition) is 3. The Balaban J connectivity index is 4.46. The molecule has 1 atom stereocenters. The number of nitrogens with two attached hydrogens (primary N) is 1. The van der Waals surface area contributed by atoms with Crippen LogP contribution in [0.3, 0.4) is 0 Å². The Kier molecular flexibility index (Phi) is 5.14. The first-order valence-electron chi connectivity index (χ1n) is 5.79. The van der Waals surface area contributed by atoms with Gasteiger partial charge in [0, 0.05) is 6.04 Å². The molecular formula is C14H25NO2. The van der Waals surface area contributed by atoms with Crippen molar-refractivity contribution < 1.29 is 9.53 Å². The lowest BCUT2D eigenvalue weighted by Gasteiger charge is -2.24. The summed E-state index contributed by atoms with van der Waals surface area (Å²) >= 11 is 0. The molecular weight excluding hydrogens is 214 g/mol. The number of hydrogen-bond donors (Lipinski definition) is 1. The van der Waals surface area contributed by atoms with Gasteiger partial charge in [-0.3, -0.25) is 0 Å². The second-order valence-corrected chi connectivity index (χ2v) is 6.28. The molecule has 0 saturated carbocycles. The SMILES string of the molecule is C=C(C=C[C@H](N)C(C)(C)C)C(=O)OC(C)(C)C. The van der Waals surface area contributed by atoms with Crippen molar-refractivity contribution in [2.45, 2.75) is 53.2 Å². The van der Waals surface area contributed by atoms with E-state index >= 15 is 0 Å². The van der Waals surface area contributed by atoms with Crippen LogP contribution in [0.1, 0.15) is 41.5 Å².